The average molecular weight is 543 g/mol. The fourth-order valence-electron chi connectivity index (χ4n) is 4.77. The molecule has 2 aromatic heterocycles. The van der Waals surface area contributed by atoms with Crippen LogP contribution in [0, 0.1) is 0 Å². The summed E-state index contributed by atoms with van der Waals surface area (Å²) in [6.45, 7) is 0.508. The average Bonchev–Trinajstić information content (AvgIpc) is 3.59. The number of aromatic nitrogens is 3. The van der Waals surface area contributed by atoms with Crippen molar-refractivity contribution in [2.45, 2.75) is 18.7 Å². The van der Waals surface area contributed by atoms with Gasteiger partial charge in [-0.25, -0.2) is 9.50 Å². The van der Waals surface area contributed by atoms with Gasteiger partial charge < -0.3 is 29.7 Å². The van der Waals surface area contributed by atoms with Crippen LogP contribution in [0.25, 0.3) is 5.65 Å². The third-order valence-electron chi connectivity index (χ3n) is 6.85. The van der Waals surface area contributed by atoms with E-state index >= 15 is 0 Å². The molecule has 2 atom stereocenters. The van der Waals surface area contributed by atoms with Gasteiger partial charge in [0.05, 0.1) is 25.9 Å². The highest BCUT2D eigenvalue weighted by atomic mass is 16.5. The van der Waals surface area contributed by atoms with E-state index in [0.29, 0.717) is 34.9 Å². The van der Waals surface area contributed by atoms with Gasteiger partial charge in [0.1, 0.15) is 11.9 Å². The molecular formula is C28H26N6O6. The molecule has 0 spiro atoms. The summed E-state index contributed by atoms with van der Waals surface area (Å²) in [5, 5.41) is 10.1. The lowest BCUT2D eigenvalue weighted by Gasteiger charge is -2.21. The maximum absolute atomic E-state index is 13.5. The summed E-state index contributed by atoms with van der Waals surface area (Å²) in [7, 11) is 1.48. The van der Waals surface area contributed by atoms with Crippen LogP contribution >= 0.6 is 0 Å². The van der Waals surface area contributed by atoms with Gasteiger partial charge in [-0.2, -0.15) is 5.10 Å². The predicted octanol–water partition coefficient (Wildman–Crippen LogP) is 1.45. The molecule has 0 unspecified atom stereocenters. The molecule has 4 bridgehead atoms. The Morgan fingerprint density at radius 2 is 1.95 bits per heavy atom. The number of carbonyl (C=O) groups excluding carboxylic acids is 3. The van der Waals surface area contributed by atoms with Crippen LogP contribution in [0.5, 0.6) is 17.2 Å². The van der Waals surface area contributed by atoms with Crippen LogP contribution < -0.4 is 24.8 Å². The molecule has 4 aromatic rings. The molecule has 3 amide bonds. The molecule has 0 radical (unpaired) electrons. The Hall–Kier alpha value is -5.13. The fraction of sp³-hybridized carbons (Fsp3) is 0.250. The number of ether oxygens (including phenoxy) is 3. The molecular weight excluding hydrogens is 516 g/mol. The minimum absolute atomic E-state index is 0.214. The largest absolute Gasteiger partial charge is 0.493 e. The number of benzene rings is 2. The summed E-state index contributed by atoms with van der Waals surface area (Å²) in [5.74, 6) is 0.241. The molecule has 40 heavy (non-hydrogen) atoms. The van der Waals surface area contributed by atoms with Crippen molar-refractivity contribution < 1.29 is 28.6 Å². The first-order valence-corrected chi connectivity index (χ1v) is 12.7. The highest BCUT2D eigenvalue weighted by molar-refractivity contribution is 5.96. The lowest BCUT2D eigenvalue weighted by atomic mass is 10.1. The molecule has 5 heterocycles. The van der Waals surface area contributed by atoms with E-state index in [0.717, 1.165) is 5.56 Å². The number of carbonyl (C=O) groups is 3. The number of nitrogens with one attached hydrogen (secondary N) is 2. The van der Waals surface area contributed by atoms with Gasteiger partial charge >= 0.3 is 0 Å². The quantitative estimate of drug-likeness (QED) is 0.389. The lowest BCUT2D eigenvalue weighted by molar-refractivity contribution is -0.123. The van der Waals surface area contributed by atoms with E-state index in [1.165, 1.54) is 23.9 Å². The van der Waals surface area contributed by atoms with E-state index < -0.39 is 12.1 Å². The summed E-state index contributed by atoms with van der Waals surface area (Å²) in [6.07, 6.45) is 2.55. The van der Waals surface area contributed by atoms with E-state index in [2.05, 4.69) is 20.7 Å². The van der Waals surface area contributed by atoms with Crippen molar-refractivity contribution >= 4 is 23.4 Å². The molecule has 3 aliphatic rings. The van der Waals surface area contributed by atoms with Gasteiger partial charge in [0.25, 0.3) is 17.7 Å². The predicted molar refractivity (Wildman–Crippen MR) is 141 cm³/mol. The molecule has 2 aromatic carbocycles. The lowest BCUT2D eigenvalue weighted by Crippen LogP contribution is -2.45. The Labute approximate surface area is 228 Å². The van der Waals surface area contributed by atoms with Crippen LogP contribution in [0.4, 0.5) is 0 Å². The Bertz CT molecular complexity index is 1590. The maximum Gasteiger partial charge on any atom is 0.274 e. The number of rotatable bonds is 2. The van der Waals surface area contributed by atoms with Crippen molar-refractivity contribution in [2.24, 2.45) is 0 Å². The Morgan fingerprint density at radius 1 is 1.10 bits per heavy atom. The van der Waals surface area contributed by atoms with Crippen LogP contribution in [0.3, 0.4) is 0 Å². The molecule has 1 saturated heterocycles. The van der Waals surface area contributed by atoms with E-state index in [1.54, 1.807) is 47.5 Å². The molecule has 7 rings (SSSR count). The third-order valence-corrected chi connectivity index (χ3v) is 6.85. The standard InChI is InChI=1S/C28H26N6O6/c1-38-22-9-6-18-11-23(22)39-16-26(35)30-12-17-4-7-19(8-5-17)40-24-15-33(14-20(24)32-27(18)36)28(37)21-13-29-25-3-2-10-31-34(21)25/h2-11,13,20,24H,12,14-16H2,1H3,(H,30,35)(H,32,36)/t20-,24-/m0/s1. The topological polar surface area (TPSA) is 136 Å². The number of fused-ring (bicyclic) bond motifs is 8. The highest BCUT2D eigenvalue weighted by Crippen LogP contribution is 2.29. The minimum atomic E-state index is -0.532. The second kappa shape index (κ2) is 10.6. The molecule has 204 valence electrons. The molecule has 0 aliphatic carbocycles. The van der Waals surface area contributed by atoms with Gasteiger partial charge in [0.2, 0.25) is 0 Å². The second-order valence-corrected chi connectivity index (χ2v) is 9.46. The minimum Gasteiger partial charge on any atom is -0.493 e. The SMILES string of the molecule is COc1ccc2cc1OCC(=O)NCc1ccc(cc1)O[C@H]1CN(C(=O)c3cnc4cccnn34)C[C@@H]1NC2=O. The zero-order valence-electron chi connectivity index (χ0n) is 21.6. The first-order valence-electron chi connectivity index (χ1n) is 12.7. The fourth-order valence-corrected chi connectivity index (χ4v) is 4.77. The van der Waals surface area contributed by atoms with Crippen molar-refractivity contribution in [1.82, 2.24) is 30.1 Å². The number of imidazole rings is 1. The number of hydrogen-bond donors (Lipinski definition) is 2. The van der Waals surface area contributed by atoms with E-state index in [-0.39, 0.29) is 43.2 Å². The molecule has 1 fully saturated rings. The van der Waals surface area contributed by atoms with Crippen LogP contribution in [-0.2, 0) is 11.3 Å². The van der Waals surface area contributed by atoms with Crippen LogP contribution in [0.2, 0.25) is 0 Å². The monoisotopic (exact) mass is 542 g/mol. The Kier molecular flexibility index (Phi) is 6.64. The summed E-state index contributed by atoms with van der Waals surface area (Å²) < 4.78 is 18.8. The van der Waals surface area contributed by atoms with Crippen molar-refractivity contribution in [3.8, 4) is 17.2 Å². The van der Waals surface area contributed by atoms with Gasteiger partial charge in [-0.15, -0.1) is 0 Å². The smallest absolute Gasteiger partial charge is 0.274 e. The number of amides is 3. The van der Waals surface area contributed by atoms with Crippen LogP contribution in [0.15, 0.2) is 67.0 Å². The van der Waals surface area contributed by atoms with E-state index in [9.17, 15) is 14.4 Å². The number of likely N-dealkylation sites (tertiary alicyclic amines) is 1. The van der Waals surface area contributed by atoms with Gasteiger partial charge in [-0.1, -0.05) is 12.1 Å². The summed E-state index contributed by atoms with van der Waals surface area (Å²) in [4.78, 5) is 45.1. The van der Waals surface area contributed by atoms with Crippen LogP contribution in [-0.4, -0.2) is 76.2 Å². The second-order valence-electron chi connectivity index (χ2n) is 9.46. The number of methoxy groups -OCH3 is 1. The molecule has 12 heteroatoms. The third kappa shape index (κ3) is 4.98. The number of nitrogens with zero attached hydrogens (tertiary/aromatic N) is 4. The van der Waals surface area contributed by atoms with Gasteiger partial charge in [0.15, 0.2) is 29.4 Å². The molecule has 2 N–H and O–H groups in total. The molecule has 0 saturated carbocycles. The van der Waals surface area contributed by atoms with Gasteiger partial charge in [-0.3, -0.25) is 14.4 Å². The maximum atomic E-state index is 13.5. The summed E-state index contributed by atoms with van der Waals surface area (Å²) in [6, 6.07) is 15.0. The first-order chi connectivity index (χ1) is 19.5. The van der Waals surface area contributed by atoms with E-state index in [1.807, 2.05) is 12.1 Å². The van der Waals surface area contributed by atoms with Crippen LogP contribution in [0.1, 0.15) is 26.4 Å². The van der Waals surface area contributed by atoms with Crippen molar-refractivity contribution in [1.29, 1.82) is 0 Å². The highest BCUT2D eigenvalue weighted by Gasteiger charge is 2.39. The van der Waals surface area contributed by atoms with Crippen molar-refractivity contribution in [3.05, 3.63) is 83.8 Å². The van der Waals surface area contributed by atoms with Crippen molar-refractivity contribution in [2.75, 3.05) is 26.8 Å². The molecule has 12 nitrogen and oxygen atoms in total. The van der Waals surface area contributed by atoms with E-state index in [4.69, 9.17) is 14.2 Å². The van der Waals surface area contributed by atoms with Crippen molar-refractivity contribution in [3.63, 3.8) is 0 Å². The summed E-state index contributed by atoms with van der Waals surface area (Å²) in [5.41, 5.74) is 2.06. The summed E-state index contributed by atoms with van der Waals surface area (Å²) >= 11 is 0. The number of hydrogen-bond acceptors (Lipinski definition) is 8. The normalized spacial score (nSPS) is 19.2. The van der Waals surface area contributed by atoms with Gasteiger partial charge in [-0.05, 0) is 48.0 Å². The zero-order chi connectivity index (χ0) is 27.6. The Balaban J connectivity index is 1.31. The zero-order valence-corrected chi connectivity index (χ0v) is 21.6. The molecule has 3 aliphatic heterocycles. The van der Waals surface area contributed by atoms with Gasteiger partial charge in [0, 0.05) is 24.8 Å². The Morgan fingerprint density at radius 3 is 2.77 bits per heavy atom. The first kappa shape index (κ1) is 25.2.